The van der Waals surface area contributed by atoms with Gasteiger partial charge < -0.3 is 28.7 Å². The second-order valence-corrected chi connectivity index (χ2v) is 21.8. The van der Waals surface area contributed by atoms with Gasteiger partial charge in [-0.15, -0.1) is 6.42 Å². The molecule has 1 amide bonds. The minimum Gasteiger partial charge on any atom is -0.497 e. The molecule has 16 heteroatoms. The Bertz CT molecular complexity index is 3140. The van der Waals surface area contributed by atoms with E-state index < -0.39 is 28.9 Å². The predicted molar refractivity (Wildman–Crippen MR) is 276 cm³/mol. The van der Waals surface area contributed by atoms with Gasteiger partial charge in [-0.3, -0.25) is 9.80 Å². The van der Waals surface area contributed by atoms with Gasteiger partial charge in [0.25, 0.3) is 0 Å². The lowest BCUT2D eigenvalue weighted by Gasteiger charge is -2.49. The third kappa shape index (κ3) is 8.67. The van der Waals surface area contributed by atoms with E-state index in [0.717, 1.165) is 43.4 Å². The fourth-order valence-corrected chi connectivity index (χ4v) is 12.9. The summed E-state index contributed by atoms with van der Waals surface area (Å²) in [4.78, 5) is 37.7. The van der Waals surface area contributed by atoms with E-state index in [1.165, 1.54) is 6.07 Å². The standard InChI is InChI=1S/C57H59ClF3N7O5/c1-8-40-42(60)20-14-35-25-44(65(27-33-10-16-38(70-6)17-11-33)28-34-12-18-39(71-7)19-13-34)62-50(45(35)40)47-48(58)41-24-32(2)52-43-21-15-37(68(43)55(69)73-56(3,4)5)30-67(52)53-46(41)51(49(47)61)63-54(64-53)72-31-57-22-9-23-66(57)29-36(59)26-57/h1,10-14,16-20,25,32,36-37,43,52H,9,15,21-24,26-31H2,2-7H3/t32-,36+,37+,43-,52-,57-/m0/s1. The Morgan fingerprint density at radius 2 is 1.64 bits per heavy atom. The summed E-state index contributed by atoms with van der Waals surface area (Å²) in [6.45, 7) is 10.0. The van der Waals surface area contributed by atoms with Gasteiger partial charge >= 0.3 is 12.1 Å². The van der Waals surface area contributed by atoms with Gasteiger partial charge in [-0.2, -0.15) is 9.97 Å². The second-order valence-electron chi connectivity index (χ2n) is 21.5. The van der Waals surface area contributed by atoms with E-state index in [-0.39, 0.29) is 75.5 Å². The number of amides is 1. The zero-order valence-corrected chi connectivity index (χ0v) is 42.7. The Labute approximate surface area is 428 Å². The zero-order chi connectivity index (χ0) is 51.1. The normalized spacial score (nSPS) is 23.3. The molecule has 4 aromatic carbocycles. The van der Waals surface area contributed by atoms with Gasteiger partial charge in [-0.25, -0.2) is 22.9 Å². The molecule has 73 heavy (non-hydrogen) atoms. The summed E-state index contributed by atoms with van der Waals surface area (Å²) >= 11 is 7.75. The van der Waals surface area contributed by atoms with E-state index in [1.807, 2.05) is 80.3 Å². The van der Waals surface area contributed by atoms with Crippen LogP contribution in [0.1, 0.15) is 82.1 Å². The van der Waals surface area contributed by atoms with Crippen molar-refractivity contribution in [3.63, 3.8) is 0 Å². The maximum Gasteiger partial charge on any atom is 0.410 e. The molecule has 11 rings (SSSR count). The van der Waals surface area contributed by atoms with Gasteiger partial charge in [-0.1, -0.05) is 54.8 Å². The molecule has 0 spiro atoms. The molecule has 0 aliphatic carbocycles. The first kappa shape index (κ1) is 48.8. The highest BCUT2D eigenvalue weighted by atomic mass is 35.5. The minimum atomic E-state index is -0.992. The Morgan fingerprint density at radius 3 is 2.30 bits per heavy atom. The number of hydrogen-bond donors (Lipinski definition) is 0. The van der Waals surface area contributed by atoms with Crippen molar-refractivity contribution in [2.45, 2.75) is 115 Å². The molecule has 12 nitrogen and oxygen atoms in total. The van der Waals surface area contributed by atoms with Gasteiger partial charge in [0, 0.05) is 38.0 Å². The lowest BCUT2D eigenvalue weighted by atomic mass is 9.86. The van der Waals surface area contributed by atoms with Crippen molar-refractivity contribution in [3.8, 4) is 41.1 Å². The number of rotatable bonds is 11. The molecule has 7 heterocycles. The van der Waals surface area contributed by atoms with Crippen molar-refractivity contribution in [2.24, 2.45) is 5.92 Å². The summed E-state index contributed by atoms with van der Waals surface area (Å²) in [5, 5.41) is 1.22. The molecule has 0 saturated carbocycles. The molecule has 6 aromatic rings. The number of hydrogen-bond acceptors (Lipinski definition) is 11. The second kappa shape index (κ2) is 18.8. The number of terminal acetylenes is 1. The SMILES string of the molecule is C#Cc1c(F)ccc2cc(N(Cc3ccc(OC)cc3)Cc3ccc(OC)cc3)nc(-c3c(Cl)c4c5c(nc(OC[C@@]67CCCN6C[C@H](F)C7)nc5c3F)N3C[C@H]5CC[C@@H]([C@@H]3[C@@H](C)C4)N5C(=O)OC(C)(C)C)c12. The lowest BCUT2D eigenvalue weighted by molar-refractivity contribution is 0.00490. The molecule has 2 bridgehead atoms. The highest BCUT2D eigenvalue weighted by Gasteiger charge is 2.54. The number of pyridine rings is 1. The molecule has 380 valence electrons. The average Bonchev–Trinajstić information content (AvgIpc) is 3.99. The maximum atomic E-state index is 18.7. The van der Waals surface area contributed by atoms with E-state index in [9.17, 15) is 4.79 Å². The van der Waals surface area contributed by atoms with Crippen LogP contribution in [0.5, 0.6) is 17.5 Å². The number of fused-ring (bicyclic) bond motifs is 7. The molecule has 2 aromatic heterocycles. The molecule has 6 atom stereocenters. The van der Waals surface area contributed by atoms with E-state index >= 15 is 13.2 Å². The molecule has 4 saturated heterocycles. The number of carbonyl (C=O) groups is 1. The van der Waals surface area contributed by atoms with Crippen LogP contribution in [0.25, 0.3) is 32.9 Å². The average molecular weight is 1010 g/mol. The van der Waals surface area contributed by atoms with Crippen LogP contribution in [-0.2, 0) is 24.2 Å². The van der Waals surface area contributed by atoms with Crippen LogP contribution in [0.15, 0.2) is 66.7 Å². The first-order valence-corrected chi connectivity index (χ1v) is 25.6. The summed E-state index contributed by atoms with van der Waals surface area (Å²) in [6, 6.07) is 19.4. The Hall–Kier alpha value is -6.50. The molecule has 4 fully saturated rings. The van der Waals surface area contributed by atoms with Crippen molar-refractivity contribution in [1.29, 1.82) is 0 Å². The van der Waals surface area contributed by atoms with Crippen LogP contribution in [-0.4, -0.2) is 107 Å². The van der Waals surface area contributed by atoms with Crippen LogP contribution >= 0.6 is 11.6 Å². The highest BCUT2D eigenvalue weighted by molar-refractivity contribution is 6.36. The number of aromatic nitrogens is 3. The number of ether oxygens (including phenoxy) is 4. The van der Waals surface area contributed by atoms with Crippen molar-refractivity contribution in [3.05, 3.63) is 106 Å². The summed E-state index contributed by atoms with van der Waals surface area (Å²) in [6.07, 6.45) is 8.56. The van der Waals surface area contributed by atoms with Gasteiger partial charge in [0.15, 0.2) is 5.82 Å². The molecule has 5 aliphatic heterocycles. The monoisotopic (exact) mass is 1010 g/mol. The summed E-state index contributed by atoms with van der Waals surface area (Å²) in [7, 11) is 3.23. The topological polar surface area (TPSA) is 106 Å². The van der Waals surface area contributed by atoms with Gasteiger partial charge in [-0.05, 0) is 124 Å². The molecule has 5 aliphatic rings. The van der Waals surface area contributed by atoms with Crippen LogP contribution in [0, 0.1) is 29.9 Å². The van der Waals surface area contributed by atoms with E-state index in [4.69, 9.17) is 51.9 Å². The number of benzene rings is 4. The summed E-state index contributed by atoms with van der Waals surface area (Å²) in [5.41, 5.74) is 1.03. The van der Waals surface area contributed by atoms with Gasteiger partial charge in [0.2, 0.25) is 0 Å². The predicted octanol–water partition coefficient (Wildman–Crippen LogP) is 11.1. The number of carbonyl (C=O) groups excluding carboxylic acids is 1. The van der Waals surface area contributed by atoms with Crippen molar-refractivity contribution in [2.75, 3.05) is 50.3 Å². The number of anilines is 2. The first-order chi connectivity index (χ1) is 35.1. The van der Waals surface area contributed by atoms with Crippen LogP contribution in [0.2, 0.25) is 5.02 Å². The first-order valence-electron chi connectivity index (χ1n) is 25.2. The van der Waals surface area contributed by atoms with Crippen molar-refractivity contribution in [1.82, 2.24) is 24.8 Å². The van der Waals surface area contributed by atoms with Gasteiger partial charge in [0.05, 0.1) is 65.1 Å². The Morgan fingerprint density at radius 1 is 0.945 bits per heavy atom. The van der Waals surface area contributed by atoms with Crippen molar-refractivity contribution < 1.29 is 36.9 Å². The Kier molecular flexibility index (Phi) is 12.5. The zero-order valence-electron chi connectivity index (χ0n) is 42.0. The van der Waals surface area contributed by atoms with Crippen molar-refractivity contribution >= 4 is 51.0 Å². The molecule has 0 unspecified atom stereocenters. The van der Waals surface area contributed by atoms with Crippen LogP contribution in [0.3, 0.4) is 0 Å². The number of piperazine rings is 1. The van der Waals surface area contributed by atoms with E-state index in [2.05, 4.69) is 27.5 Å². The third-order valence-electron chi connectivity index (χ3n) is 15.7. The quantitative estimate of drug-likeness (QED) is 0.116. The number of halogens is 4. The number of alkyl halides is 1. The number of methoxy groups -OCH3 is 2. The van der Waals surface area contributed by atoms with Gasteiger partial charge in [0.1, 0.15) is 52.8 Å². The molecule has 0 radical (unpaired) electrons. The lowest BCUT2D eigenvalue weighted by Crippen LogP contribution is -2.63. The fraction of sp³-hybridized carbons (Fsp3) is 0.439. The van der Waals surface area contributed by atoms with E-state index in [1.54, 1.807) is 20.3 Å². The number of nitrogens with zero attached hydrogens (tertiary/aromatic N) is 7. The summed E-state index contributed by atoms with van der Waals surface area (Å²) in [5.74, 6) is 3.19. The molecule has 0 N–H and O–H groups in total. The molecular weight excluding hydrogens is 955 g/mol. The van der Waals surface area contributed by atoms with Crippen LogP contribution in [0.4, 0.5) is 29.6 Å². The highest BCUT2D eigenvalue weighted by Crippen LogP contribution is 2.51. The molecular formula is C57H59ClF3N7O5. The smallest absolute Gasteiger partial charge is 0.410 e. The Balaban J connectivity index is 1.11. The summed E-state index contributed by atoms with van der Waals surface area (Å²) < 4.78 is 73.4. The largest absolute Gasteiger partial charge is 0.497 e. The third-order valence-corrected chi connectivity index (χ3v) is 16.1. The van der Waals surface area contributed by atoms with E-state index in [0.29, 0.717) is 78.5 Å². The fourth-order valence-electron chi connectivity index (χ4n) is 12.5. The minimum absolute atomic E-state index is 0.0444. The maximum absolute atomic E-state index is 18.7. The van der Waals surface area contributed by atoms with Crippen LogP contribution < -0.4 is 24.0 Å².